The normalized spacial score (nSPS) is 10.7. The molecule has 5 heteroatoms. The minimum absolute atomic E-state index is 0.849. The van der Waals surface area contributed by atoms with E-state index in [1.807, 2.05) is 48.7 Å². The fraction of sp³-hybridized carbons (Fsp3) is 0.0667. The first kappa shape index (κ1) is 13.4. The van der Waals surface area contributed by atoms with E-state index in [1.54, 1.807) is 11.8 Å². The van der Waals surface area contributed by atoms with Crippen molar-refractivity contribution in [2.24, 2.45) is 0 Å². The molecule has 0 aliphatic carbocycles. The number of para-hydroxylation sites is 1. The number of hydrogen-bond acceptors (Lipinski definition) is 3. The molecule has 1 aromatic heterocycles. The molecule has 0 fully saturated rings. The lowest BCUT2D eigenvalue weighted by Gasteiger charge is -2.09. The topological polar surface area (TPSA) is 30.7 Å². The van der Waals surface area contributed by atoms with Gasteiger partial charge in [-0.15, -0.1) is 10.2 Å². The fourth-order valence-electron chi connectivity index (χ4n) is 2.03. The van der Waals surface area contributed by atoms with Crippen LogP contribution in [0.25, 0.3) is 17.1 Å². The minimum Gasteiger partial charge on any atom is -0.270 e. The molecule has 3 rings (SSSR count). The Morgan fingerprint density at radius 1 is 1.00 bits per heavy atom. The Kier molecular flexibility index (Phi) is 3.89. The molecular weight excluding hydrogens is 334 g/mol. The van der Waals surface area contributed by atoms with Crippen LogP contribution in [0.1, 0.15) is 0 Å². The van der Waals surface area contributed by atoms with E-state index in [-0.39, 0.29) is 0 Å². The van der Waals surface area contributed by atoms with Crippen molar-refractivity contribution < 1.29 is 0 Å². The van der Waals surface area contributed by atoms with Crippen molar-refractivity contribution >= 4 is 27.7 Å². The summed E-state index contributed by atoms with van der Waals surface area (Å²) in [6.45, 7) is 0. The van der Waals surface area contributed by atoms with E-state index >= 15 is 0 Å². The fourth-order valence-corrected chi connectivity index (χ4v) is 2.92. The van der Waals surface area contributed by atoms with E-state index < -0.39 is 0 Å². The molecule has 0 aliphatic heterocycles. The van der Waals surface area contributed by atoms with E-state index in [4.69, 9.17) is 0 Å². The van der Waals surface area contributed by atoms with Crippen LogP contribution in [-0.4, -0.2) is 21.0 Å². The van der Waals surface area contributed by atoms with Crippen molar-refractivity contribution in [3.63, 3.8) is 0 Å². The van der Waals surface area contributed by atoms with Gasteiger partial charge in [0, 0.05) is 15.7 Å². The zero-order valence-electron chi connectivity index (χ0n) is 10.8. The van der Waals surface area contributed by atoms with Crippen LogP contribution in [0.2, 0.25) is 0 Å². The summed E-state index contributed by atoms with van der Waals surface area (Å²) in [4.78, 5) is 0. The molecule has 100 valence electrons. The van der Waals surface area contributed by atoms with E-state index in [0.717, 1.165) is 26.7 Å². The largest absolute Gasteiger partial charge is 0.270 e. The molecule has 0 N–H and O–H groups in total. The van der Waals surface area contributed by atoms with Crippen LogP contribution in [0.3, 0.4) is 0 Å². The lowest BCUT2D eigenvalue weighted by molar-refractivity contribution is 0.889. The van der Waals surface area contributed by atoms with Crippen LogP contribution >= 0.6 is 27.7 Å². The van der Waals surface area contributed by atoms with E-state index in [1.165, 1.54) is 0 Å². The molecule has 0 atom stereocenters. The van der Waals surface area contributed by atoms with Gasteiger partial charge in [0.05, 0.1) is 0 Å². The van der Waals surface area contributed by atoms with Crippen molar-refractivity contribution in [1.82, 2.24) is 14.8 Å². The molecule has 0 saturated heterocycles. The average molecular weight is 346 g/mol. The zero-order valence-corrected chi connectivity index (χ0v) is 13.2. The van der Waals surface area contributed by atoms with Gasteiger partial charge in [-0.1, -0.05) is 58.0 Å². The number of aromatic nitrogens is 3. The molecule has 0 bridgehead atoms. The van der Waals surface area contributed by atoms with E-state index in [0.29, 0.717) is 0 Å². The van der Waals surface area contributed by atoms with Crippen LogP contribution in [-0.2, 0) is 0 Å². The van der Waals surface area contributed by atoms with Gasteiger partial charge in [-0.25, -0.2) is 0 Å². The van der Waals surface area contributed by atoms with Crippen molar-refractivity contribution in [3.8, 4) is 17.1 Å². The molecule has 2 aromatic carbocycles. The number of hydrogen-bond donors (Lipinski definition) is 0. The molecule has 20 heavy (non-hydrogen) atoms. The highest BCUT2D eigenvalue weighted by atomic mass is 79.9. The second-order valence-electron chi connectivity index (χ2n) is 4.19. The summed E-state index contributed by atoms with van der Waals surface area (Å²) in [5, 5.41) is 9.50. The lowest BCUT2D eigenvalue weighted by Crippen LogP contribution is -1.98. The first-order valence-electron chi connectivity index (χ1n) is 6.10. The van der Waals surface area contributed by atoms with Crippen molar-refractivity contribution in [2.75, 3.05) is 6.26 Å². The molecule has 1 heterocycles. The molecule has 3 nitrogen and oxygen atoms in total. The summed E-state index contributed by atoms with van der Waals surface area (Å²) >= 11 is 5.09. The van der Waals surface area contributed by atoms with Crippen molar-refractivity contribution in [3.05, 3.63) is 59.1 Å². The maximum Gasteiger partial charge on any atom is 0.195 e. The van der Waals surface area contributed by atoms with Gasteiger partial charge in [0.15, 0.2) is 11.0 Å². The summed E-state index contributed by atoms with van der Waals surface area (Å²) in [7, 11) is 0. The Morgan fingerprint density at radius 3 is 2.50 bits per heavy atom. The third-order valence-corrected chi connectivity index (χ3v) is 4.04. The highest BCUT2D eigenvalue weighted by Crippen LogP contribution is 2.28. The van der Waals surface area contributed by atoms with Crippen LogP contribution in [0, 0.1) is 0 Å². The molecule has 0 spiro atoms. The van der Waals surface area contributed by atoms with E-state index in [9.17, 15) is 0 Å². The molecule has 0 unspecified atom stereocenters. The molecule has 0 saturated carbocycles. The van der Waals surface area contributed by atoms with Crippen LogP contribution in [0.5, 0.6) is 0 Å². The van der Waals surface area contributed by atoms with Gasteiger partial charge in [-0.2, -0.15) is 0 Å². The quantitative estimate of drug-likeness (QED) is 0.658. The van der Waals surface area contributed by atoms with Crippen LogP contribution < -0.4 is 0 Å². The van der Waals surface area contributed by atoms with Crippen LogP contribution in [0.15, 0.2) is 64.2 Å². The Bertz CT molecular complexity index is 725. The second-order valence-corrected chi connectivity index (χ2v) is 5.88. The maximum atomic E-state index is 4.35. The highest BCUT2D eigenvalue weighted by molar-refractivity contribution is 9.10. The van der Waals surface area contributed by atoms with Gasteiger partial charge in [-0.3, -0.25) is 4.57 Å². The predicted molar refractivity (Wildman–Crippen MR) is 86.3 cm³/mol. The van der Waals surface area contributed by atoms with Gasteiger partial charge >= 0.3 is 0 Å². The zero-order chi connectivity index (χ0) is 13.9. The third-order valence-electron chi connectivity index (χ3n) is 2.91. The SMILES string of the molecule is CSc1nnc(-c2cccc(Br)c2)n1-c1ccccc1. The summed E-state index contributed by atoms with van der Waals surface area (Å²) in [5.74, 6) is 0.849. The molecule has 0 radical (unpaired) electrons. The smallest absolute Gasteiger partial charge is 0.195 e. The maximum absolute atomic E-state index is 4.35. The number of thioether (sulfide) groups is 1. The number of rotatable bonds is 3. The highest BCUT2D eigenvalue weighted by Gasteiger charge is 2.14. The third kappa shape index (κ3) is 2.51. The van der Waals surface area contributed by atoms with Crippen molar-refractivity contribution in [1.29, 1.82) is 0 Å². The van der Waals surface area contributed by atoms with Crippen molar-refractivity contribution in [2.45, 2.75) is 5.16 Å². The van der Waals surface area contributed by atoms with Gasteiger partial charge in [0.1, 0.15) is 0 Å². The second kappa shape index (κ2) is 5.81. The molecular formula is C15H12BrN3S. The van der Waals surface area contributed by atoms with Gasteiger partial charge < -0.3 is 0 Å². The van der Waals surface area contributed by atoms with E-state index in [2.05, 4.69) is 42.8 Å². The number of benzene rings is 2. The minimum atomic E-state index is 0.849. The molecule has 3 aromatic rings. The predicted octanol–water partition coefficient (Wildman–Crippen LogP) is 4.42. The molecule has 0 aliphatic rings. The van der Waals surface area contributed by atoms with Gasteiger partial charge in [0.25, 0.3) is 0 Å². The standard InChI is InChI=1S/C15H12BrN3S/c1-20-15-18-17-14(11-6-5-7-12(16)10-11)19(15)13-8-3-2-4-9-13/h2-10H,1H3. The Hall–Kier alpha value is -1.59. The van der Waals surface area contributed by atoms with Gasteiger partial charge in [0.2, 0.25) is 0 Å². The Balaban J connectivity index is 2.20. The summed E-state index contributed by atoms with van der Waals surface area (Å²) in [6, 6.07) is 18.3. The summed E-state index contributed by atoms with van der Waals surface area (Å²) < 4.78 is 3.11. The Morgan fingerprint density at radius 2 is 1.80 bits per heavy atom. The summed E-state index contributed by atoms with van der Waals surface area (Å²) in [6.07, 6.45) is 2.01. The lowest BCUT2D eigenvalue weighted by atomic mass is 10.2. The van der Waals surface area contributed by atoms with Crippen LogP contribution in [0.4, 0.5) is 0 Å². The first-order chi connectivity index (χ1) is 9.79. The first-order valence-corrected chi connectivity index (χ1v) is 8.12. The summed E-state index contributed by atoms with van der Waals surface area (Å²) in [5.41, 5.74) is 2.10. The number of nitrogens with zero attached hydrogens (tertiary/aromatic N) is 3. The van der Waals surface area contributed by atoms with Gasteiger partial charge in [-0.05, 0) is 30.5 Å². The average Bonchev–Trinajstić information content (AvgIpc) is 2.92. The Labute approximate surface area is 130 Å². The number of halogens is 1. The monoisotopic (exact) mass is 345 g/mol. The molecule has 0 amide bonds.